The molecular weight excluding hydrogens is 709 g/mol. The summed E-state index contributed by atoms with van der Waals surface area (Å²) >= 11 is 15.9. The van der Waals surface area contributed by atoms with E-state index in [1.165, 1.54) is 35.2 Å². The standard InChI is InChI=1S/C35H34BrCl2N3O4S/c36-27-11-6-10-26(20-27)23-40(33(21-25-8-2-1-3-9-25)35(43)39-30-13-4-5-14-30)34(42)24-41(31-15-7-12-29(38)22-31)46(44,45)32-18-16-28(37)17-19-32/h1-3,6-12,15-20,22,30,33H,4-5,13-14,21,23-24H2,(H,39,43)/t33-/m0/s1. The smallest absolute Gasteiger partial charge is 0.264 e. The van der Waals surface area contributed by atoms with Gasteiger partial charge in [0.25, 0.3) is 10.0 Å². The van der Waals surface area contributed by atoms with Gasteiger partial charge in [0.15, 0.2) is 0 Å². The van der Waals surface area contributed by atoms with Crippen molar-refractivity contribution in [1.29, 1.82) is 0 Å². The highest BCUT2D eigenvalue weighted by Gasteiger charge is 2.35. The molecule has 0 heterocycles. The van der Waals surface area contributed by atoms with Crippen LogP contribution < -0.4 is 9.62 Å². The maximum absolute atomic E-state index is 14.6. The van der Waals surface area contributed by atoms with Crippen molar-refractivity contribution in [3.05, 3.63) is 129 Å². The zero-order valence-corrected chi connectivity index (χ0v) is 28.9. The van der Waals surface area contributed by atoms with Gasteiger partial charge in [0.1, 0.15) is 12.6 Å². The second kappa shape index (κ2) is 15.5. The summed E-state index contributed by atoms with van der Waals surface area (Å²) in [6.07, 6.45) is 4.08. The molecule has 240 valence electrons. The van der Waals surface area contributed by atoms with Gasteiger partial charge in [-0.15, -0.1) is 0 Å². The van der Waals surface area contributed by atoms with E-state index in [1.54, 1.807) is 18.2 Å². The Labute approximate surface area is 288 Å². The predicted molar refractivity (Wildman–Crippen MR) is 186 cm³/mol. The van der Waals surface area contributed by atoms with Crippen LogP contribution in [0.15, 0.2) is 112 Å². The molecule has 0 unspecified atom stereocenters. The molecular formula is C35H34BrCl2N3O4S. The van der Waals surface area contributed by atoms with Crippen molar-refractivity contribution in [1.82, 2.24) is 10.2 Å². The number of sulfonamides is 1. The van der Waals surface area contributed by atoms with E-state index in [2.05, 4.69) is 21.2 Å². The number of carbonyl (C=O) groups is 2. The zero-order valence-electron chi connectivity index (χ0n) is 25.0. The van der Waals surface area contributed by atoms with Crippen LogP contribution in [0, 0.1) is 0 Å². The third kappa shape index (κ3) is 8.70. The third-order valence-electron chi connectivity index (χ3n) is 7.99. The first kappa shape index (κ1) is 34.0. The van der Waals surface area contributed by atoms with Crippen LogP contribution in [0.4, 0.5) is 5.69 Å². The van der Waals surface area contributed by atoms with E-state index in [1.807, 2.05) is 54.6 Å². The number of anilines is 1. The summed E-state index contributed by atoms with van der Waals surface area (Å²) in [6, 6.07) is 28.2. The Bertz CT molecular complexity index is 1770. The van der Waals surface area contributed by atoms with Gasteiger partial charge >= 0.3 is 0 Å². The molecule has 5 rings (SSSR count). The number of amides is 2. The summed E-state index contributed by atoms with van der Waals surface area (Å²) in [5, 5.41) is 3.87. The molecule has 1 saturated carbocycles. The first-order valence-electron chi connectivity index (χ1n) is 15.0. The van der Waals surface area contributed by atoms with Gasteiger partial charge in [-0.2, -0.15) is 0 Å². The highest BCUT2D eigenvalue weighted by atomic mass is 79.9. The number of carbonyl (C=O) groups excluding carboxylic acids is 2. The Morgan fingerprint density at radius 1 is 0.826 bits per heavy atom. The van der Waals surface area contributed by atoms with E-state index >= 15 is 0 Å². The van der Waals surface area contributed by atoms with Gasteiger partial charge in [-0.3, -0.25) is 13.9 Å². The average Bonchev–Trinajstić information content (AvgIpc) is 3.55. The molecule has 0 spiro atoms. The van der Waals surface area contributed by atoms with Crippen molar-refractivity contribution in [2.45, 2.75) is 55.6 Å². The molecule has 0 aromatic heterocycles. The maximum atomic E-state index is 14.6. The molecule has 1 aliphatic rings. The number of benzene rings is 4. The lowest BCUT2D eigenvalue weighted by Crippen LogP contribution is -2.54. The van der Waals surface area contributed by atoms with Crippen LogP contribution in [0.3, 0.4) is 0 Å². The van der Waals surface area contributed by atoms with Crippen LogP contribution in [0.25, 0.3) is 0 Å². The maximum Gasteiger partial charge on any atom is 0.264 e. The van der Waals surface area contributed by atoms with Crippen LogP contribution in [-0.4, -0.2) is 43.8 Å². The van der Waals surface area contributed by atoms with Crippen molar-refractivity contribution in [3.8, 4) is 0 Å². The van der Waals surface area contributed by atoms with E-state index in [0.29, 0.717) is 10.0 Å². The minimum absolute atomic E-state index is 0.0295. The lowest BCUT2D eigenvalue weighted by Gasteiger charge is -2.34. The molecule has 1 N–H and O–H groups in total. The van der Waals surface area contributed by atoms with E-state index in [9.17, 15) is 18.0 Å². The fraction of sp³-hybridized carbons (Fsp3) is 0.257. The second-order valence-corrected chi connectivity index (χ2v) is 14.9. The van der Waals surface area contributed by atoms with E-state index in [0.717, 1.165) is 45.6 Å². The van der Waals surface area contributed by atoms with Gasteiger partial charge in [-0.1, -0.05) is 101 Å². The number of halogens is 3. The average molecular weight is 744 g/mol. The first-order chi connectivity index (χ1) is 22.1. The Morgan fingerprint density at radius 2 is 1.50 bits per heavy atom. The van der Waals surface area contributed by atoms with Crippen molar-refractivity contribution in [3.63, 3.8) is 0 Å². The molecule has 4 aromatic rings. The topological polar surface area (TPSA) is 86.8 Å². The summed E-state index contributed by atoms with van der Waals surface area (Å²) in [7, 11) is -4.26. The summed E-state index contributed by atoms with van der Waals surface area (Å²) in [4.78, 5) is 30.1. The molecule has 46 heavy (non-hydrogen) atoms. The molecule has 1 fully saturated rings. The van der Waals surface area contributed by atoms with Gasteiger partial charge in [-0.05, 0) is 78.6 Å². The Morgan fingerprint density at radius 3 is 2.17 bits per heavy atom. The SMILES string of the molecule is O=C(NC1CCCC1)[C@H](Cc1ccccc1)N(Cc1cccc(Br)c1)C(=O)CN(c1cccc(Cl)c1)S(=O)(=O)c1ccc(Cl)cc1. The molecule has 11 heteroatoms. The Hall–Kier alpha value is -3.37. The molecule has 0 radical (unpaired) electrons. The van der Waals surface area contributed by atoms with Crippen molar-refractivity contribution in [2.24, 2.45) is 0 Å². The van der Waals surface area contributed by atoms with Crippen LogP contribution >= 0.6 is 39.1 Å². The highest BCUT2D eigenvalue weighted by Crippen LogP contribution is 2.28. The second-order valence-electron chi connectivity index (χ2n) is 11.3. The van der Waals surface area contributed by atoms with Crippen LogP contribution in [-0.2, 0) is 32.6 Å². The molecule has 4 aromatic carbocycles. The van der Waals surface area contributed by atoms with Crippen LogP contribution in [0.2, 0.25) is 10.0 Å². The predicted octanol–water partition coefficient (Wildman–Crippen LogP) is 7.65. The van der Waals surface area contributed by atoms with E-state index < -0.39 is 28.5 Å². The first-order valence-corrected chi connectivity index (χ1v) is 18.0. The van der Waals surface area contributed by atoms with Gasteiger partial charge < -0.3 is 10.2 Å². The molecule has 7 nitrogen and oxygen atoms in total. The van der Waals surface area contributed by atoms with Crippen LogP contribution in [0.5, 0.6) is 0 Å². The molecule has 0 bridgehead atoms. The van der Waals surface area contributed by atoms with E-state index in [4.69, 9.17) is 23.2 Å². The Kier molecular flexibility index (Phi) is 11.4. The highest BCUT2D eigenvalue weighted by molar-refractivity contribution is 9.10. The molecule has 0 saturated heterocycles. The monoisotopic (exact) mass is 741 g/mol. The fourth-order valence-corrected chi connectivity index (χ4v) is 7.81. The van der Waals surface area contributed by atoms with Gasteiger partial charge in [-0.25, -0.2) is 8.42 Å². The fourth-order valence-electron chi connectivity index (χ4n) is 5.65. The number of hydrogen-bond donors (Lipinski definition) is 1. The normalized spacial score (nSPS) is 14.1. The Balaban J connectivity index is 1.57. The molecule has 1 aliphatic carbocycles. The summed E-state index contributed by atoms with van der Waals surface area (Å²) in [6.45, 7) is -0.487. The third-order valence-corrected chi connectivity index (χ3v) is 10.8. The van der Waals surface area contributed by atoms with Crippen LogP contribution in [0.1, 0.15) is 36.8 Å². The molecule has 2 amide bonds. The molecule has 0 aliphatic heterocycles. The van der Waals surface area contributed by atoms with Crippen molar-refractivity contribution < 1.29 is 18.0 Å². The van der Waals surface area contributed by atoms with Gasteiger partial charge in [0, 0.05) is 33.5 Å². The summed E-state index contributed by atoms with van der Waals surface area (Å²) < 4.78 is 30.1. The lowest BCUT2D eigenvalue weighted by atomic mass is 10.0. The summed E-state index contributed by atoms with van der Waals surface area (Å²) in [5.41, 5.74) is 1.87. The zero-order chi connectivity index (χ0) is 32.7. The lowest BCUT2D eigenvalue weighted by molar-refractivity contribution is -0.140. The number of nitrogens with zero attached hydrogens (tertiary/aromatic N) is 2. The minimum atomic E-state index is -4.26. The minimum Gasteiger partial charge on any atom is -0.352 e. The number of nitrogens with one attached hydrogen (secondary N) is 1. The van der Waals surface area contributed by atoms with E-state index in [-0.39, 0.29) is 35.5 Å². The number of hydrogen-bond acceptors (Lipinski definition) is 4. The summed E-state index contributed by atoms with van der Waals surface area (Å²) in [5.74, 6) is -0.811. The van der Waals surface area contributed by atoms with Crippen molar-refractivity contribution in [2.75, 3.05) is 10.8 Å². The van der Waals surface area contributed by atoms with Gasteiger partial charge in [0.05, 0.1) is 10.6 Å². The van der Waals surface area contributed by atoms with Crippen molar-refractivity contribution >= 4 is 66.7 Å². The quantitative estimate of drug-likeness (QED) is 0.162. The largest absolute Gasteiger partial charge is 0.352 e. The van der Waals surface area contributed by atoms with Gasteiger partial charge in [0.2, 0.25) is 11.8 Å². The molecule has 1 atom stereocenters. The number of rotatable bonds is 12.